The van der Waals surface area contributed by atoms with E-state index in [9.17, 15) is 4.79 Å². The molecule has 0 spiro atoms. The number of amides is 1. The molecule has 0 heterocycles. The zero-order valence-electron chi connectivity index (χ0n) is 11.2. The predicted molar refractivity (Wildman–Crippen MR) is 79.2 cm³/mol. The molecule has 0 saturated heterocycles. The van der Waals surface area contributed by atoms with Gasteiger partial charge in [-0.25, -0.2) is 0 Å². The summed E-state index contributed by atoms with van der Waals surface area (Å²) in [5, 5.41) is 3.71. The van der Waals surface area contributed by atoms with Gasteiger partial charge in [-0.1, -0.05) is 22.0 Å². The highest BCUT2D eigenvalue weighted by molar-refractivity contribution is 9.09. The van der Waals surface area contributed by atoms with Gasteiger partial charge in [-0.3, -0.25) is 4.79 Å². The van der Waals surface area contributed by atoms with Crippen LogP contribution in [0.3, 0.4) is 0 Å². The van der Waals surface area contributed by atoms with Gasteiger partial charge in [-0.05, 0) is 31.5 Å². The largest absolute Gasteiger partial charge is 0.494 e. The van der Waals surface area contributed by atoms with Crippen LogP contribution in [0.1, 0.15) is 23.7 Å². The van der Waals surface area contributed by atoms with Gasteiger partial charge in [0.1, 0.15) is 5.75 Å². The zero-order chi connectivity index (χ0) is 13.9. The van der Waals surface area contributed by atoms with Crippen molar-refractivity contribution in [1.29, 1.82) is 0 Å². The molecule has 1 N–H and O–H groups in total. The van der Waals surface area contributed by atoms with Gasteiger partial charge in [0, 0.05) is 24.0 Å². The van der Waals surface area contributed by atoms with Crippen molar-refractivity contribution in [3.8, 4) is 5.75 Å². The molecule has 106 valence electrons. The van der Waals surface area contributed by atoms with Crippen molar-refractivity contribution in [2.45, 2.75) is 13.3 Å². The highest BCUT2D eigenvalue weighted by Gasteiger charge is 2.05. The Hall–Kier alpha value is -1.07. The van der Waals surface area contributed by atoms with Crippen LogP contribution in [-0.4, -0.2) is 37.6 Å². The van der Waals surface area contributed by atoms with Crippen LogP contribution in [0.4, 0.5) is 0 Å². The van der Waals surface area contributed by atoms with E-state index in [1.807, 2.05) is 19.1 Å². The van der Waals surface area contributed by atoms with Crippen LogP contribution in [0.15, 0.2) is 24.3 Å². The summed E-state index contributed by atoms with van der Waals surface area (Å²) in [4.78, 5) is 11.9. The lowest BCUT2D eigenvalue weighted by Crippen LogP contribution is -2.27. The minimum Gasteiger partial charge on any atom is -0.494 e. The summed E-state index contributed by atoms with van der Waals surface area (Å²) in [5.41, 5.74) is 0.604. The van der Waals surface area contributed by atoms with Crippen molar-refractivity contribution in [3.05, 3.63) is 29.8 Å². The quantitative estimate of drug-likeness (QED) is 0.559. The van der Waals surface area contributed by atoms with Gasteiger partial charge in [0.05, 0.1) is 13.2 Å². The molecule has 1 amide bonds. The highest BCUT2D eigenvalue weighted by Crippen LogP contribution is 2.13. The standard InChI is InChI=1S/C14H20BrNO3/c1-2-18-10-8-16-14(17)12-5-3-6-13(11-12)19-9-4-7-15/h3,5-6,11H,2,4,7-10H2,1H3,(H,16,17). The SMILES string of the molecule is CCOCCNC(=O)c1cccc(OCCCBr)c1. The minimum absolute atomic E-state index is 0.106. The smallest absolute Gasteiger partial charge is 0.251 e. The van der Waals surface area contributed by atoms with Crippen molar-refractivity contribution in [3.63, 3.8) is 0 Å². The summed E-state index contributed by atoms with van der Waals surface area (Å²) in [6.45, 7) is 4.27. The summed E-state index contributed by atoms with van der Waals surface area (Å²) < 4.78 is 10.7. The molecular weight excluding hydrogens is 310 g/mol. The maximum Gasteiger partial charge on any atom is 0.251 e. The Labute approximate surface area is 122 Å². The third kappa shape index (κ3) is 6.59. The van der Waals surface area contributed by atoms with Crippen LogP contribution >= 0.6 is 15.9 Å². The first-order valence-corrected chi connectivity index (χ1v) is 7.55. The molecule has 0 aliphatic carbocycles. The van der Waals surface area contributed by atoms with E-state index in [1.165, 1.54) is 0 Å². The number of rotatable bonds is 9. The van der Waals surface area contributed by atoms with E-state index in [0.717, 1.165) is 17.5 Å². The van der Waals surface area contributed by atoms with Crippen LogP contribution in [0.5, 0.6) is 5.75 Å². The van der Waals surface area contributed by atoms with E-state index in [1.54, 1.807) is 12.1 Å². The molecule has 0 aromatic heterocycles. The number of hydrogen-bond acceptors (Lipinski definition) is 3. The van der Waals surface area contributed by atoms with E-state index in [4.69, 9.17) is 9.47 Å². The van der Waals surface area contributed by atoms with Crippen molar-refractivity contribution in [2.75, 3.05) is 31.7 Å². The van der Waals surface area contributed by atoms with Gasteiger partial charge in [0.2, 0.25) is 0 Å². The van der Waals surface area contributed by atoms with Gasteiger partial charge in [-0.15, -0.1) is 0 Å². The molecule has 0 unspecified atom stereocenters. The van der Waals surface area contributed by atoms with Crippen LogP contribution in [0, 0.1) is 0 Å². The Balaban J connectivity index is 2.43. The molecule has 0 aliphatic heterocycles. The average Bonchev–Trinajstić information content (AvgIpc) is 2.44. The van der Waals surface area contributed by atoms with Crippen molar-refractivity contribution < 1.29 is 14.3 Å². The van der Waals surface area contributed by atoms with Crippen molar-refractivity contribution >= 4 is 21.8 Å². The fourth-order valence-electron chi connectivity index (χ4n) is 1.45. The fourth-order valence-corrected chi connectivity index (χ4v) is 1.68. The Morgan fingerprint density at radius 3 is 2.95 bits per heavy atom. The Morgan fingerprint density at radius 2 is 2.21 bits per heavy atom. The number of carbonyl (C=O) groups is 1. The van der Waals surface area contributed by atoms with Gasteiger partial charge in [-0.2, -0.15) is 0 Å². The van der Waals surface area contributed by atoms with Crippen molar-refractivity contribution in [2.24, 2.45) is 0 Å². The van der Waals surface area contributed by atoms with Crippen LogP contribution in [-0.2, 0) is 4.74 Å². The van der Waals surface area contributed by atoms with Gasteiger partial charge < -0.3 is 14.8 Å². The Morgan fingerprint density at radius 1 is 1.37 bits per heavy atom. The average molecular weight is 330 g/mol. The minimum atomic E-state index is -0.106. The molecule has 19 heavy (non-hydrogen) atoms. The second kappa shape index (κ2) is 9.81. The number of nitrogens with one attached hydrogen (secondary N) is 1. The lowest BCUT2D eigenvalue weighted by Gasteiger charge is -2.08. The van der Waals surface area contributed by atoms with Crippen LogP contribution in [0.25, 0.3) is 0 Å². The Bertz CT molecular complexity index is 385. The molecule has 4 nitrogen and oxygen atoms in total. The summed E-state index contributed by atoms with van der Waals surface area (Å²) in [5.74, 6) is 0.615. The topological polar surface area (TPSA) is 47.6 Å². The molecule has 0 bridgehead atoms. The third-order valence-electron chi connectivity index (χ3n) is 2.38. The second-order valence-corrected chi connectivity index (χ2v) is 4.66. The highest BCUT2D eigenvalue weighted by atomic mass is 79.9. The maximum absolute atomic E-state index is 11.9. The van der Waals surface area contributed by atoms with Gasteiger partial charge >= 0.3 is 0 Å². The van der Waals surface area contributed by atoms with E-state index < -0.39 is 0 Å². The molecule has 0 radical (unpaired) electrons. The fraction of sp³-hybridized carbons (Fsp3) is 0.500. The number of alkyl halides is 1. The van der Waals surface area contributed by atoms with E-state index in [-0.39, 0.29) is 5.91 Å². The van der Waals surface area contributed by atoms with Crippen LogP contribution in [0.2, 0.25) is 0 Å². The predicted octanol–water partition coefficient (Wildman–Crippen LogP) is 2.62. The molecule has 0 fully saturated rings. The molecular formula is C14H20BrNO3. The first-order valence-electron chi connectivity index (χ1n) is 6.42. The van der Waals surface area contributed by atoms with Crippen molar-refractivity contribution in [1.82, 2.24) is 5.32 Å². The molecule has 0 aliphatic rings. The molecule has 1 aromatic rings. The van der Waals surface area contributed by atoms with E-state index in [2.05, 4.69) is 21.2 Å². The van der Waals surface area contributed by atoms with E-state index >= 15 is 0 Å². The lowest BCUT2D eigenvalue weighted by atomic mass is 10.2. The molecule has 0 atom stereocenters. The first-order chi connectivity index (χ1) is 9.27. The van der Waals surface area contributed by atoms with Gasteiger partial charge in [0.25, 0.3) is 5.91 Å². The molecule has 5 heteroatoms. The number of benzene rings is 1. The monoisotopic (exact) mass is 329 g/mol. The molecule has 0 saturated carbocycles. The third-order valence-corrected chi connectivity index (χ3v) is 2.94. The number of ether oxygens (including phenoxy) is 2. The maximum atomic E-state index is 11.9. The Kier molecular flexibility index (Phi) is 8.25. The lowest BCUT2D eigenvalue weighted by molar-refractivity contribution is 0.0922. The molecule has 1 rings (SSSR count). The summed E-state index contributed by atoms with van der Waals surface area (Å²) >= 11 is 3.35. The number of carbonyl (C=O) groups excluding carboxylic acids is 1. The normalized spacial score (nSPS) is 10.2. The second-order valence-electron chi connectivity index (χ2n) is 3.87. The first kappa shape index (κ1) is 16.0. The molecule has 1 aromatic carbocycles. The zero-order valence-corrected chi connectivity index (χ0v) is 12.7. The van der Waals surface area contributed by atoms with Gasteiger partial charge in [0.15, 0.2) is 0 Å². The summed E-state index contributed by atoms with van der Waals surface area (Å²) in [6, 6.07) is 7.20. The summed E-state index contributed by atoms with van der Waals surface area (Å²) in [7, 11) is 0. The van der Waals surface area contributed by atoms with Crippen LogP contribution < -0.4 is 10.1 Å². The summed E-state index contributed by atoms with van der Waals surface area (Å²) in [6.07, 6.45) is 0.935. The van der Waals surface area contributed by atoms with E-state index in [0.29, 0.717) is 31.9 Å². The number of halogens is 1. The number of hydrogen-bond donors (Lipinski definition) is 1.